The highest BCUT2D eigenvalue weighted by atomic mass is 32.1. The van der Waals surface area contributed by atoms with Crippen molar-refractivity contribution in [2.75, 3.05) is 19.8 Å². The number of hydrogen-bond donors (Lipinski definition) is 1. The van der Waals surface area contributed by atoms with Gasteiger partial charge in [-0.2, -0.15) is 13.2 Å². The van der Waals surface area contributed by atoms with Crippen LogP contribution in [0.3, 0.4) is 0 Å². The van der Waals surface area contributed by atoms with Crippen molar-refractivity contribution in [3.05, 3.63) is 58.6 Å². The van der Waals surface area contributed by atoms with Crippen LogP contribution in [0.1, 0.15) is 52.9 Å². The third kappa shape index (κ3) is 6.15. The molecule has 2 aromatic heterocycles. The first-order chi connectivity index (χ1) is 16.5. The summed E-state index contributed by atoms with van der Waals surface area (Å²) in [5.41, 5.74) is 1.33. The molecule has 0 unspecified atom stereocenters. The van der Waals surface area contributed by atoms with E-state index in [0.29, 0.717) is 36.7 Å². The van der Waals surface area contributed by atoms with Gasteiger partial charge in [-0.25, -0.2) is 15.0 Å². The van der Waals surface area contributed by atoms with E-state index in [1.165, 1.54) is 11.3 Å². The fraction of sp³-hybridized carbons (Fsp3) is 0.417. The third-order valence-electron chi connectivity index (χ3n) is 5.70. The molecule has 2 atom stereocenters. The zero-order valence-electron chi connectivity index (χ0n) is 19.5. The molecule has 0 radical (unpaired) electrons. The highest BCUT2D eigenvalue weighted by Gasteiger charge is 2.34. The molecule has 1 amide bonds. The zero-order valence-corrected chi connectivity index (χ0v) is 20.3. The van der Waals surface area contributed by atoms with Gasteiger partial charge < -0.3 is 14.8 Å². The van der Waals surface area contributed by atoms with Gasteiger partial charge in [0.2, 0.25) is 5.82 Å². The summed E-state index contributed by atoms with van der Waals surface area (Å²) in [6.45, 7) is 7.43. The summed E-state index contributed by atoms with van der Waals surface area (Å²) in [5.74, 6) is -1.11. The van der Waals surface area contributed by atoms with E-state index in [-0.39, 0.29) is 5.41 Å². The standard InChI is InChI=1S/C24H25F3N4O3S/c1-14-9-28-21(35-14)17-6-16(7-19(8-17)34-13-23(3)4-5-33-12-23)20(32)31-15(2)18-10-29-22(30-11-18)24(25,26)27/h6-11,15H,4-5,12-13H2,1-3H3,(H,31,32)/t15-,23-/m1/s1. The molecule has 3 heterocycles. The Kier molecular flexibility index (Phi) is 7.09. The highest BCUT2D eigenvalue weighted by molar-refractivity contribution is 7.14. The number of ether oxygens (including phenoxy) is 2. The minimum atomic E-state index is -4.63. The summed E-state index contributed by atoms with van der Waals surface area (Å²) in [5, 5.41) is 3.55. The van der Waals surface area contributed by atoms with Crippen LogP contribution < -0.4 is 10.1 Å². The molecule has 11 heteroatoms. The number of nitrogens with zero attached hydrogens (tertiary/aromatic N) is 3. The molecule has 4 rings (SSSR count). The summed E-state index contributed by atoms with van der Waals surface area (Å²) < 4.78 is 49.8. The Hall–Kier alpha value is -3.05. The van der Waals surface area contributed by atoms with Crippen molar-refractivity contribution in [1.82, 2.24) is 20.3 Å². The predicted octanol–water partition coefficient (Wildman–Crippen LogP) is 5.22. The molecule has 35 heavy (non-hydrogen) atoms. The number of alkyl halides is 3. The Bertz CT molecular complexity index is 1190. The number of halogens is 3. The van der Waals surface area contributed by atoms with Gasteiger partial charge in [-0.05, 0) is 38.5 Å². The topological polar surface area (TPSA) is 86.2 Å². The molecule has 1 aromatic carbocycles. The van der Waals surface area contributed by atoms with Crippen LogP contribution >= 0.6 is 11.3 Å². The van der Waals surface area contributed by atoms with Gasteiger partial charge in [-0.3, -0.25) is 4.79 Å². The number of aryl methyl sites for hydroxylation is 1. The second kappa shape index (κ2) is 9.90. The van der Waals surface area contributed by atoms with E-state index in [1.54, 1.807) is 25.3 Å². The van der Waals surface area contributed by atoms with Gasteiger partial charge >= 0.3 is 6.18 Å². The monoisotopic (exact) mass is 506 g/mol. The van der Waals surface area contributed by atoms with E-state index < -0.39 is 23.9 Å². The van der Waals surface area contributed by atoms with E-state index in [9.17, 15) is 18.0 Å². The molecule has 1 aliphatic rings. The van der Waals surface area contributed by atoms with Gasteiger partial charge in [0.1, 0.15) is 10.8 Å². The lowest BCUT2D eigenvalue weighted by Crippen LogP contribution is -2.27. The number of amides is 1. The second-order valence-electron chi connectivity index (χ2n) is 8.96. The summed E-state index contributed by atoms with van der Waals surface area (Å²) in [7, 11) is 0. The first kappa shape index (κ1) is 25.1. The molecular formula is C24H25F3N4O3S. The van der Waals surface area contributed by atoms with Crippen molar-refractivity contribution < 1.29 is 27.4 Å². The molecule has 0 aliphatic carbocycles. The van der Waals surface area contributed by atoms with Crippen LogP contribution in [0.15, 0.2) is 36.8 Å². The largest absolute Gasteiger partial charge is 0.493 e. The van der Waals surface area contributed by atoms with Gasteiger partial charge in [0.05, 0.1) is 19.3 Å². The van der Waals surface area contributed by atoms with Crippen LogP contribution in [-0.4, -0.2) is 40.7 Å². The molecule has 3 aromatic rings. The minimum absolute atomic E-state index is 0.104. The van der Waals surface area contributed by atoms with E-state index in [0.717, 1.165) is 34.3 Å². The van der Waals surface area contributed by atoms with Crippen LogP contribution in [0.25, 0.3) is 10.6 Å². The molecular weight excluding hydrogens is 481 g/mol. The van der Waals surface area contributed by atoms with Gasteiger partial charge in [-0.15, -0.1) is 11.3 Å². The molecule has 1 aliphatic heterocycles. The summed E-state index contributed by atoms with van der Waals surface area (Å²) in [6.07, 6.45) is 0.149. The molecule has 7 nitrogen and oxygen atoms in total. The normalized spacial score (nSPS) is 18.9. The first-order valence-electron chi connectivity index (χ1n) is 11.0. The number of nitrogens with one attached hydrogen (secondary N) is 1. The fourth-order valence-corrected chi connectivity index (χ4v) is 4.33. The van der Waals surface area contributed by atoms with Gasteiger partial charge in [0, 0.05) is 52.2 Å². The van der Waals surface area contributed by atoms with Crippen molar-refractivity contribution in [2.24, 2.45) is 5.41 Å². The Morgan fingerprint density at radius 1 is 1.23 bits per heavy atom. The van der Waals surface area contributed by atoms with Crippen molar-refractivity contribution in [3.63, 3.8) is 0 Å². The van der Waals surface area contributed by atoms with Gasteiger partial charge in [0.25, 0.3) is 5.91 Å². The van der Waals surface area contributed by atoms with Crippen LogP contribution in [0.4, 0.5) is 13.2 Å². The molecule has 1 N–H and O–H groups in total. The number of hydrogen-bond acceptors (Lipinski definition) is 7. The van der Waals surface area contributed by atoms with Gasteiger partial charge in [-0.1, -0.05) is 6.92 Å². The summed E-state index contributed by atoms with van der Waals surface area (Å²) in [4.78, 5) is 25.3. The SMILES string of the molecule is Cc1cnc(-c2cc(OC[C@]3(C)CCOC3)cc(C(=O)N[C@H](C)c3cnc(C(F)(F)F)nc3)c2)s1. The minimum Gasteiger partial charge on any atom is -0.493 e. The number of thiazole rings is 1. The molecule has 0 bridgehead atoms. The molecule has 186 valence electrons. The maximum absolute atomic E-state index is 13.1. The van der Waals surface area contributed by atoms with Crippen molar-refractivity contribution in [3.8, 4) is 16.3 Å². The van der Waals surface area contributed by atoms with Crippen molar-refractivity contribution in [1.29, 1.82) is 0 Å². The Labute approximate surface area is 204 Å². The van der Waals surface area contributed by atoms with Crippen LogP contribution in [0.2, 0.25) is 0 Å². The summed E-state index contributed by atoms with van der Waals surface area (Å²) >= 11 is 1.50. The van der Waals surface area contributed by atoms with Crippen molar-refractivity contribution >= 4 is 17.2 Å². The molecule has 1 saturated heterocycles. The number of aromatic nitrogens is 3. The highest BCUT2D eigenvalue weighted by Crippen LogP contribution is 2.33. The number of rotatable bonds is 7. The van der Waals surface area contributed by atoms with Gasteiger partial charge in [0.15, 0.2) is 0 Å². The Morgan fingerprint density at radius 2 is 1.97 bits per heavy atom. The van der Waals surface area contributed by atoms with Crippen LogP contribution in [-0.2, 0) is 10.9 Å². The average molecular weight is 507 g/mol. The zero-order chi connectivity index (χ0) is 25.2. The Balaban J connectivity index is 1.55. The number of carbonyl (C=O) groups excluding carboxylic acids is 1. The lowest BCUT2D eigenvalue weighted by molar-refractivity contribution is -0.145. The predicted molar refractivity (Wildman–Crippen MR) is 124 cm³/mol. The van der Waals surface area contributed by atoms with E-state index in [1.807, 2.05) is 13.0 Å². The van der Waals surface area contributed by atoms with Crippen molar-refractivity contribution in [2.45, 2.75) is 39.4 Å². The Morgan fingerprint density at radius 3 is 2.57 bits per heavy atom. The quantitative estimate of drug-likeness (QED) is 0.473. The lowest BCUT2D eigenvalue weighted by Gasteiger charge is -2.22. The second-order valence-corrected chi connectivity index (χ2v) is 10.2. The number of carbonyl (C=O) groups is 1. The molecule has 0 spiro atoms. The van der Waals surface area contributed by atoms with E-state index >= 15 is 0 Å². The third-order valence-corrected chi connectivity index (χ3v) is 6.66. The number of benzene rings is 1. The maximum atomic E-state index is 13.1. The average Bonchev–Trinajstić information content (AvgIpc) is 3.46. The van der Waals surface area contributed by atoms with Crippen LogP contribution in [0.5, 0.6) is 5.75 Å². The van der Waals surface area contributed by atoms with E-state index in [4.69, 9.17) is 9.47 Å². The first-order valence-corrected chi connectivity index (χ1v) is 11.8. The fourth-order valence-electron chi connectivity index (χ4n) is 3.58. The molecule has 0 saturated carbocycles. The van der Waals surface area contributed by atoms with Crippen LogP contribution in [0, 0.1) is 12.3 Å². The summed E-state index contributed by atoms with van der Waals surface area (Å²) in [6, 6.07) is 4.60. The smallest absolute Gasteiger partial charge is 0.451 e. The lowest BCUT2D eigenvalue weighted by atomic mass is 9.91. The van der Waals surface area contributed by atoms with E-state index in [2.05, 4.69) is 27.2 Å². The maximum Gasteiger partial charge on any atom is 0.451 e. The molecule has 1 fully saturated rings.